The Bertz CT molecular complexity index is 904. The van der Waals surface area contributed by atoms with Crippen LogP contribution in [0.15, 0.2) is 29.1 Å². The van der Waals surface area contributed by atoms with Crippen LogP contribution in [0.2, 0.25) is 0 Å². The molecule has 4 aliphatic rings. The fourth-order valence-electron chi connectivity index (χ4n) is 6.71. The van der Waals surface area contributed by atoms with Crippen LogP contribution in [-0.2, 0) is 0 Å². The van der Waals surface area contributed by atoms with Crippen molar-refractivity contribution in [2.24, 2.45) is 11.8 Å². The second-order valence-electron chi connectivity index (χ2n) is 10.3. The first-order chi connectivity index (χ1) is 16.7. The quantitative estimate of drug-likeness (QED) is 0.470. The Kier molecular flexibility index (Phi) is 10.6. The van der Waals surface area contributed by atoms with Gasteiger partial charge in [-0.3, -0.25) is 4.79 Å². The Morgan fingerprint density at radius 1 is 0.794 bits per heavy atom. The summed E-state index contributed by atoms with van der Waals surface area (Å²) in [4.78, 5) is 17.1. The fraction of sp³-hybridized carbons (Fsp3) is 0.733. The Labute approximate surface area is 207 Å². The summed E-state index contributed by atoms with van der Waals surface area (Å²) in [5, 5.41) is 3.70. The number of hydrogen-bond acceptors (Lipinski definition) is 3. The molecule has 0 amide bonds. The number of aryl methyl sites for hydroxylation is 1. The predicted molar refractivity (Wildman–Crippen MR) is 146 cm³/mol. The summed E-state index contributed by atoms with van der Waals surface area (Å²) >= 11 is 0. The van der Waals surface area contributed by atoms with Gasteiger partial charge in [-0.1, -0.05) is 84.8 Å². The Morgan fingerprint density at radius 2 is 1.32 bits per heavy atom. The summed E-state index contributed by atoms with van der Waals surface area (Å²) in [5.41, 5.74) is 2.60. The van der Waals surface area contributed by atoms with E-state index in [0.717, 1.165) is 35.7 Å². The molecule has 2 aromatic rings. The molecule has 2 unspecified atom stereocenters. The lowest BCUT2D eigenvalue weighted by Gasteiger charge is -2.41. The highest BCUT2D eigenvalue weighted by atomic mass is 16.1. The van der Waals surface area contributed by atoms with E-state index in [2.05, 4.69) is 10.3 Å². The van der Waals surface area contributed by atoms with Crippen LogP contribution in [0.1, 0.15) is 116 Å². The SMILES string of the molecule is C1CC2CCCC(C1)C2.CC.CC.Cc1nc2ccccc2n(C2CC3CCCC(C2)N3)c1=O. The van der Waals surface area contributed by atoms with Crippen LogP contribution in [0.5, 0.6) is 0 Å². The first-order valence-electron chi connectivity index (χ1n) is 14.4. The molecule has 3 heterocycles. The van der Waals surface area contributed by atoms with Gasteiger partial charge in [0.05, 0.1) is 11.0 Å². The van der Waals surface area contributed by atoms with E-state index in [-0.39, 0.29) is 5.56 Å². The van der Waals surface area contributed by atoms with Crippen molar-refractivity contribution < 1.29 is 0 Å². The van der Waals surface area contributed by atoms with E-state index in [1.54, 1.807) is 32.1 Å². The smallest absolute Gasteiger partial charge is 0.272 e. The molecule has 2 aliphatic heterocycles. The average Bonchev–Trinajstić information content (AvgIpc) is 2.87. The van der Waals surface area contributed by atoms with Crippen LogP contribution in [0.3, 0.4) is 0 Å². The summed E-state index contributed by atoms with van der Waals surface area (Å²) in [6, 6.07) is 9.46. The van der Waals surface area contributed by atoms with Gasteiger partial charge in [0, 0.05) is 18.1 Å². The van der Waals surface area contributed by atoms with Gasteiger partial charge in [0.25, 0.3) is 5.56 Å². The predicted octanol–water partition coefficient (Wildman–Crippen LogP) is 7.58. The summed E-state index contributed by atoms with van der Waals surface area (Å²) in [5.74, 6) is 2.30. The molecule has 2 saturated heterocycles. The van der Waals surface area contributed by atoms with Crippen molar-refractivity contribution in [3.8, 4) is 0 Å². The van der Waals surface area contributed by atoms with Crippen LogP contribution < -0.4 is 10.9 Å². The monoisotopic (exact) mass is 467 g/mol. The van der Waals surface area contributed by atoms with Gasteiger partial charge < -0.3 is 9.88 Å². The molecular formula is C30H49N3O. The molecule has 0 radical (unpaired) electrons. The zero-order valence-electron chi connectivity index (χ0n) is 22.5. The summed E-state index contributed by atoms with van der Waals surface area (Å²) < 4.78 is 2.02. The molecule has 1 N–H and O–H groups in total. The molecular weight excluding hydrogens is 418 g/mol. The van der Waals surface area contributed by atoms with Gasteiger partial charge in [-0.2, -0.15) is 0 Å². The van der Waals surface area contributed by atoms with E-state index in [9.17, 15) is 4.79 Å². The van der Waals surface area contributed by atoms with Crippen molar-refractivity contribution in [1.82, 2.24) is 14.9 Å². The third-order valence-corrected chi connectivity index (χ3v) is 8.13. The molecule has 1 aromatic heterocycles. The Hall–Kier alpha value is -1.68. The van der Waals surface area contributed by atoms with E-state index in [0.29, 0.717) is 23.8 Å². The fourth-order valence-corrected chi connectivity index (χ4v) is 6.71. The summed E-state index contributed by atoms with van der Waals surface area (Å²) in [6.07, 6.45) is 16.8. The highest BCUT2D eigenvalue weighted by Gasteiger charge is 2.33. The van der Waals surface area contributed by atoms with Gasteiger partial charge in [0.2, 0.25) is 0 Å². The van der Waals surface area contributed by atoms with Crippen molar-refractivity contribution in [2.45, 2.75) is 130 Å². The largest absolute Gasteiger partial charge is 0.311 e. The number of rotatable bonds is 1. The van der Waals surface area contributed by atoms with Crippen molar-refractivity contribution in [1.29, 1.82) is 0 Å². The number of para-hydroxylation sites is 2. The second kappa shape index (κ2) is 13.4. The number of nitrogens with one attached hydrogen (secondary N) is 1. The summed E-state index contributed by atoms with van der Waals surface area (Å²) in [6.45, 7) is 9.83. The van der Waals surface area contributed by atoms with Crippen molar-refractivity contribution in [2.75, 3.05) is 0 Å². The third kappa shape index (κ3) is 6.50. The lowest BCUT2D eigenvalue weighted by Crippen LogP contribution is -2.50. The highest BCUT2D eigenvalue weighted by molar-refractivity contribution is 5.74. The van der Waals surface area contributed by atoms with Gasteiger partial charge in [-0.15, -0.1) is 0 Å². The highest BCUT2D eigenvalue weighted by Crippen LogP contribution is 2.39. The first kappa shape index (κ1) is 26.9. The van der Waals surface area contributed by atoms with Crippen LogP contribution in [0, 0.1) is 18.8 Å². The maximum absolute atomic E-state index is 12.7. The number of aromatic nitrogens is 2. The van der Waals surface area contributed by atoms with Crippen LogP contribution >= 0.6 is 0 Å². The molecule has 2 atom stereocenters. The summed E-state index contributed by atoms with van der Waals surface area (Å²) in [7, 11) is 0. The third-order valence-electron chi connectivity index (χ3n) is 8.13. The second-order valence-corrected chi connectivity index (χ2v) is 10.3. The minimum Gasteiger partial charge on any atom is -0.311 e. The number of nitrogens with zero attached hydrogens (tertiary/aromatic N) is 2. The van der Waals surface area contributed by atoms with Gasteiger partial charge in [-0.05, 0) is 63.0 Å². The van der Waals surface area contributed by atoms with Crippen molar-refractivity contribution in [3.63, 3.8) is 0 Å². The zero-order valence-corrected chi connectivity index (χ0v) is 22.5. The molecule has 6 rings (SSSR count). The zero-order chi connectivity index (χ0) is 24.5. The first-order valence-corrected chi connectivity index (χ1v) is 14.4. The van der Waals surface area contributed by atoms with Crippen LogP contribution in [0.4, 0.5) is 0 Å². The minimum absolute atomic E-state index is 0.0821. The van der Waals surface area contributed by atoms with Crippen LogP contribution in [0.25, 0.3) is 11.0 Å². The van der Waals surface area contributed by atoms with E-state index < -0.39 is 0 Å². The molecule has 190 valence electrons. The van der Waals surface area contributed by atoms with Crippen LogP contribution in [-0.4, -0.2) is 21.6 Å². The van der Waals surface area contributed by atoms with E-state index in [1.807, 2.05) is 63.5 Å². The number of piperidine rings is 2. The molecule has 34 heavy (non-hydrogen) atoms. The van der Waals surface area contributed by atoms with Gasteiger partial charge in [0.15, 0.2) is 0 Å². The van der Waals surface area contributed by atoms with E-state index in [4.69, 9.17) is 0 Å². The molecule has 4 heteroatoms. The molecule has 4 bridgehead atoms. The molecule has 4 nitrogen and oxygen atoms in total. The van der Waals surface area contributed by atoms with Gasteiger partial charge in [-0.25, -0.2) is 4.98 Å². The molecule has 2 saturated carbocycles. The van der Waals surface area contributed by atoms with Gasteiger partial charge >= 0.3 is 0 Å². The van der Waals surface area contributed by atoms with Crippen molar-refractivity contribution in [3.05, 3.63) is 40.3 Å². The standard InChI is InChI=1S/C17H21N3O.C9H16.2C2H6/c1-11-17(21)20(16-8-3-2-7-15(16)18-11)14-9-12-5-4-6-13(10-14)19-12;1-3-8-5-2-6-9(4-1)7-8;2*1-2/h2-3,7-8,12-14,19H,4-6,9-10H2,1H3;8-9H,1-7H2;2*1-2H3. The maximum atomic E-state index is 12.7. The number of fused-ring (bicyclic) bond motifs is 5. The molecule has 0 spiro atoms. The normalized spacial score (nSPS) is 29.4. The van der Waals surface area contributed by atoms with Gasteiger partial charge in [0.1, 0.15) is 5.69 Å². The van der Waals surface area contributed by atoms with Crippen molar-refractivity contribution >= 4 is 11.0 Å². The van der Waals surface area contributed by atoms with E-state index >= 15 is 0 Å². The maximum Gasteiger partial charge on any atom is 0.272 e. The number of hydrogen-bond donors (Lipinski definition) is 1. The molecule has 4 fully saturated rings. The Morgan fingerprint density at radius 3 is 1.88 bits per heavy atom. The average molecular weight is 468 g/mol. The van der Waals surface area contributed by atoms with E-state index in [1.165, 1.54) is 32.1 Å². The minimum atomic E-state index is 0.0821. The lowest BCUT2D eigenvalue weighted by atomic mass is 9.72. The molecule has 2 aliphatic carbocycles. The molecule has 1 aromatic carbocycles. The number of benzene rings is 1. The topological polar surface area (TPSA) is 46.9 Å². The Balaban J connectivity index is 0.000000208. The lowest BCUT2D eigenvalue weighted by molar-refractivity contribution is 0.188.